The molecule has 0 saturated carbocycles. The maximum atomic E-state index is 11.0. The summed E-state index contributed by atoms with van der Waals surface area (Å²) in [5, 5.41) is 0. The number of carbonyl (C=O) groups excluding carboxylic acids is 3. The van der Waals surface area contributed by atoms with Crippen molar-refractivity contribution >= 4 is 17.9 Å². The standard InChI is InChI=1S/C11H17NO7/c1-6(13)16-5-10-9(17-7(2)14)4-11(12-19-10)18-8(3)15/h9-12H,4-5H2,1-3H3/t9-,10?,11?/m0/s1. The summed E-state index contributed by atoms with van der Waals surface area (Å²) >= 11 is 0. The molecule has 8 heteroatoms. The molecule has 19 heavy (non-hydrogen) atoms. The van der Waals surface area contributed by atoms with Gasteiger partial charge in [-0.1, -0.05) is 0 Å². The molecule has 0 aromatic heterocycles. The van der Waals surface area contributed by atoms with Crippen molar-refractivity contribution in [2.24, 2.45) is 0 Å². The molecule has 1 aliphatic rings. The molecule has 1 aliphatic heterocycles. The van der Waals surface area contributed by atoms with E-state index in [1.165, 1.54) is 20.8 Å². The summed E-state index contributed by atoms with van der Waals surface area (Å²) in [5.41, 5.74) is 2.50. The highest BCUT2D eigenvalue weighted by molar-refractivity contribution is 5.67. The fourth-order valence-corrected chi connectivity index (χ4v) is 1.60. The van der Waals surface area contributed by atoms with Gasteiger partial charge in [0.25, 0.3) is 0 Å². The number of ether oxygens (including phenoxy) is 3. The van der Waals surface area contributed by atoms with Gasteiger partial charge in [0, 0.05) is 27.2 Å². The van der Waals surface area contributed by atoms with Crippen LogP contribution in [0.25, 0.3) is 0 Å². The number of carbonyl (C=O) groups is 3. The third-order valence-electron chi connectivity index (χ3n) is 2.29. The Morgan fingerprint density at radius 3 is 2.26 bits per heavy atom. The molecule has 1 N–H and O–H groups in total. The molecule has 0 amide bonds. The van der Waals surface area contributed by atoms with Crippen molar-refractivity contribution in [2.45, 2.75) is 45.6 Å². The van der Waals surface area contributed by atoms with E-state index in [1.54, 1.807) is 0 Å². The summed E-state index contributed by atoms with van der Waals surface area (Å²) in [6, 6.07) is 0. The van der Waals surface area contributed by atoms with E-state index in [9.17, 15) is 14.4 Å². The van der Waals surface area contributed by atoms with Crippen LogP contribution in [0.5, 0.6) is 0 Å². The molecule has 0 aliphatic carbocycles. The monoisotopic (exact) mass is 275 g/mol. The van der Waals surface area contributed by atoms with Crippen LogP contribution < -0.4 is 5.48 Å². The Bertz CT molecular complexity index is 357. The summed E-state index contributed by atoms with van der Waals surface area (Å²) in [7, 11) is 0. The van der Waals surface area contributed by atoms with Crippen molar-refractivity contribution in [3.05, 3.63) is 0 Å². The topological polar surface area (TPSA) is 100 Å². The van der Waals surface area contributed by atoms with Gasteiger partial charge >= 0.3 is 17.9 Å². The van der Waals surface area contributed by atoms with Crippen molar-refractivity contribution in [2.75, 3.05) is 6.61 Å². The summed E-state index contributed by atoms with van der Waals surface area (Å²) < 4.78 is 14.8. The fourth-order valence-electron chi connectivity index (χ4n) is 1.60. The normalized spacial score (nSPS) is 26.4. The second kappa shape index (κ2) is 7.05. The lowest BCUT2D eigenvalue weighted by Crippen LogP contribution is -2.52. The van der Waals surface area contributed by atoms with Crippen LogP contribution in [0.3, 0.4) is 0 Å². The van der Waals surface area contributed by atoms with E-state index in [4.69, 9.17) is 19.0 Å². The first-order valence-corrected chi connectivity index (χ1v) is 5.77. The zero-order valence-corrected chi connectivity index (χ0v) is 11.0. The van der Waals surface area contributed by atoms with Crippen LogP contribution in [0, 0.1) is 0 Å². The van der Waals surface area contributed by atoms with Gasteiger partial charge in [-0.05, 0) is 0 Å². The number of hydrogen-bond donors (Lipinski definition) is 1. The van der Waals surface area contributed by atoms with Crippen molar-refractivity contribution in [1.29, 1.82) is 0 Å². The van der Waals surface area contributed by atoms with Crippen LogP contribution in [0.2, 0.25) is 0 Å². The molecule has 1 rings (SSSR count). The minimum absolute atomic E-state index is 0.0624. The third-order valence-corrected chi connectivity index (χ3v) is 2.29. The molecule has 0 radical (unpaired) electrons. The van der Waals surface area contributed by atoms with E-state index >= 15 is 0 Å². The van der Waals surface area contributed by atoms with E-state index in [-0.39, 0.29) is 13.0 Å². The highest BCUT2D eigenvalue weighted by atomic mass is 16.7. The predicted molar refractivity (Wildman–Crippen MR) is 60.4 cm³/mol. The van der Waals surface area contributed by atoms with E-state index in [1.807, 2.05) is 0 Å². The number of nitrogens with one attached hydrogen (secondary N) is 1. The zero-order valence-electron chi connectivity index (χ0n) is 11.0. The Kier molecular flexibility index (Phi) is 5.71. The van der Waals surface area contributed by atoms with Gasteiger partial charge in [0.2, 0.25) is 0 Å². The summed E-state index contributed by atoms with van der Waals surface area (Å²) in [6.07, 6.45) is -1.82. The highest BCUT2D eigenvalue weighted by Crippen LogP contribution is 2.18. The Hall–Kier alpha value is -1.67. The first-order chi connectivity index (χ1) is 8.88. The maximum Gasteiger partial charge on any atom is 0.304 e. The van der Waals surface area contributed by atoms with Crippen LogP contribution in [0.1, 0.15) is 27.2 Å². The average molecular weight is 275 g/mol. The Balaban J connectivity index is 2.58. The van der Waals surface area contributed by atoms with Gasteiger partial charge in [-0.15, -0.1) is 0 Å². The van der Waals surface area contributed by atoms with E-state index in [0.29, 0.717) is 0 Å². The van der Waals surface area contributed by atoms with Gasteiger partial charge in [0.05, 0.1) is 0 Å². The van der Waals surface area contributed by atoms with Gasteiger partial charge in [0.15, 0.2) is 12.3 Å². The van der Waals surface area contributed by atoms with Crippen LogP contribution >= 0.6 is 0 Å². The lowest BCUT2D eigenvalue weighted by molar-refractivity contribution is -0.220. The molecule has 8 nitrogen and oxygen atoms in total. The lowest BCUT2D eigenvalue weighted by atomic mass is 10.1. The summed E-state index contributed by atoms with van der Waals surface area (Å²) in [4.78, 5) is 37.8. The summed E-state index contributed by atoms with van der Waals surface area (Å²) in [5.74, 6) is -1.45. The molecule has 1 fully saturated rings. The molecule has 0 aromatic carbocycles. The smallest absolute Gasteiger partial charge is 0.304 e. The minimum atomic E-state index is -0.713. The highest BCUT2D eigenvalue weighted by Gasteiger charge is 2.36. The molecular formula is C11H17NO7. The van der Waals surface area contributed by atoms with E-state index in [2.05, 4.69) is 5.48 Å². The number of rotatable bonds is 4. The number of esters is 3. The number of hydrogen-bond acceptors (Lipinski definition) is 8. The molecule has 1 heterocycles. The number of hydroxylamine groups is 1. The molecule has 108 valence electrons. The third kappa shape index (κ3) is 5.66. The van der Waals surface area contributed by atoms with Crippen LogP contribution in [0.4, 0.5) is 0 Å². The van der Waals surface area contributed by atoms with Gasteiger partial charge in [-0.3, -0.25) is 19.2 Å². The van der Waals surface area contributed by atoms with Gasteiger partial charge in [-0.25, -0.2) is 0 Å². The molecule has 3 atom stereocenters. The van der Waals surface area contributed by atoms with Crippen molar-refractivity contribution < 1.29 is 33.4 Å². The fraction of sp³-hybridized carbons (Fsp3) is 0.727. The van der Waals surface area contributed by atoms with Gasteiger partial charge < -0.3 is 14.2 Å². The summed E-state index contributed by atoms with van der Waals surface area (Å²) in [6.45, 7) is 3.71. The van der Waals surface area contributed by atoms with Crippen molar-refractivity contribution in [3.63, 3.8) is 0 Å². The first kappa shape index (κ1) is 15.4. The van der Waals surface area contributed by atoms with Crippen LogP contribution in [-0.2, 0) is 33.4 Å². The molecule has 0 spiro atoms. The Labute approximate surface area is 110 Å². The second-order valence-corrected chi connectivity index (χ2v) is 4.06. The SMILES string of the molecule is CC(=O)OCC1ONC(OC(C)=O)C[C@@H]1OC(C)=O. The van der Waals surface area contributed by atoms with Crippen LogP contribution in [0.15, 0.2) is 0 Å². The van der Waals surface area contributed by atoms with Gasteiger partial charge in [0.1, 0.15) is 12.7 Å². The molecular weight excluding hydrogens is 258 g/mol. The zero-order chi connectivity index (χ0) is 14.4. The lowest BCUT2D eigenvalue weighted by Gasteiger charge is -2.34. The Morgan fingerprint density at radius 2 is 1.74 bits per heavy atom. The Morgan fingerprint density at radius 1 is 1.11 bits per heavy atom. The van der Waals surface area contributed by atoms with Gasteiger partial charge in [-0.2, -0.15) is 5.48 Å². The van der Waals surface area contributed by atoms with Crippen molar-refractivity contribution in [1.82, 2.24) is 5.48 Å². The predicted octanol–water partition coefficient (Wildman–Crippen LogP) is -0.336. The van der Waals surface area contributed by atoms with Crippen molar-refractivity contribution in [3.8, 4) is 0 Å². The quantitative estimate of drug-likeness (QED) is 0.549. The molecule has 1 saturated heterocycles. The van der Waals surface area contributed by atoms with E-state index in [0.717, 1.165) is 0 Å². The first-order valence-electron chi connectivity index (χ1n) is 5.77. The second-order valence-electron chi connectivity index (χ2n) is 4.06. The van der Waals surface area contributed by atoms with Crippen LogP contribution in [-0.4, -0.2) is 43.0 Å². The molecule has 0 aromatic rings. The maximum absolute atomic E-state index is 11.0. The molecule has 0 bridgehead atoms. The van der Waals surface area contributed by atoms with E-state index < -0.39 is 36.3 Å². The average Bonchev–Trinajstić information content (AvgIpc) is 2.26. The largest absolute Gasteiger partial charge is 0.463 e. The molecule has 2 unspecified atom stereocenters. The minimum Gasteiger partial charge on any atom is -0.463 e.